The van der Waals surface area contributed by atoms with Crippen LogP contribution in [0.5, 0.6) is 11.5 Å². The molecule has 0 saturated carbocycles. The van der Waals surface area contributed by atoms with Crippen LogP contribution < -0.4 is 20.2 Å². The van der Waals surface area contributed by atoms with Crippen LogP contribution in [-0.4, -0.2) is 32.2 Å². The number of carbonyl (C=O) groups is 2. The van der Waals surface area contributed by atoms with Crippen LogP contribution in [0.4, 0.5) is 0 Å². The van der Waals surface area contributed by atoms with Crippen LogP contribution in [0.3, 0.4) is 0 Å². The number of amides is 2. The van der Waals surface area contributed by atoms with Gasteiger partial charge < -0.3 is 14.8 Å². The van der Waals surface area contributed by atoms with E-state index < -0.39 is 11.8 Å². The molecule has 0 unspecified atom stereocenters. The minimum atomic E-state index is -0.597. The van der Waals surface area contributed by atoms with Crippen molar-refractivity contribution in [2.75, 3.05) is 14.2 Å². The Labute approximate surface area is 212 Å². The molecular weight excluding hydrogens is 510 g/mol. The number of allylic oxidation sites excluding steroid dienone is 1. The fourth-order valence-electron chi connectivity index (χ4n) is 3.01. The Morgan fingerprint density at radius 3 is 2.14 bits per heavy atom. The Hall–Kier alpha value is -4.17. The predicted molar refractivity (Wildman–Crippen MR) is 141 cm³/mol. The normalized spacial score (nSPS) is 11.7. The number of nitrogens with zero attached hydrogens (tertiary/aromatic N) is 1. The van der Waals surface area contributed by atoms with Crippen molar-refractivity contribution < 1.29 is 19.1 Å². The van der Waals surface area contributed by atoms with E-state index in [2.05, 4.69) is 31.8 Å². The molecule has 0 fully saturated rings. The lowest BCUT2D eigenvalue weighted by Crippen LogP contribution is -2.32. The Bertz CT molecular complexity index is 1260. The molecule has 178 valence electrons. The molecule has 35 heavy (non-hydrogen) atoms. The number of hydrogen-bond donors (Lipinski definition) is 2. The molecule has 2 N–H and O–H groups in total. The number of halogens is 1. The molecule has 0 saturated heterocycles. The zero-order valence-electron chi connectivity index (χ0n) is 19.2. The molecule has 0 heterocycles. The van der Waals surface area contributed by atoms with Gasteiger partial charge in [0.05, 0.1) is 20.4 Å². The van der Waals surface area contributed by atoms with Gasteiger partial charge >= 0.3 is 0 Å². The molecule has 7 nitrogen and oxygen atoms in total. The van der Waals surface area contributed by atoms with Gasteiger partial charge in [0.15, 0.2) is 11.5 Å². The monoisotopic (exact) mass is 533 g/mol. The molecule has 0 aliphatic rings. The SMILES string of the molecule is COc1ccc(/C=C(/NC(=O)c2ccccc2)C(=O)N/N=C\C(Br)=C\c2ccccc2)cc1OC. The van der Waals surface area contributed by atoms with Crippen molar-refractivity contribution in [1.82, 2.24) is 10.7 Å². The van der Waals surface area contributed by atoms with Crippen LogP contribution in [0.1, 0.15) is 21.5 Å². The van der Waals surface area contributed by atoms with Crippen molar-refractivity contribution >= 4 is 46.1 Å². The van der Waals surface area contributed by atoms with Crippen molar-refractivity contribution in [3.8, 4) is 11.5 Å². The van der Waals surface area contributed by atoms with Crippen molar-refractivity contribution in [1.29, 1.82) is 0 Å². The van der Waals surface area contributed by atoms with Crippen molar-refractivity contribution in [3.63, 3.8) is 0 Å². The Morgan fingerprint density at radius 1 is 0.829 bits per heavy atom. The third-order valence-electron chi connectivity index (χ3n) is 4.71. The number of hydrazone groups is 1. The predicted octanol–water partition coefficient (Wildman–Crippen LogP) is 5.01. The largest absolute Gasteiger partial charge is 0.493 e. The van der Waals surface area contributed by atoms with E-state index in [4.69, 9.17) is 9.47 Å². The van der Waals surface area contributed by atoms with Gasteiger partial charge in [-0.2, -0.15) is 5.10 Å². The number of benzene rings is 3. The minimum absolute atomic E-state index is 0.00591. The summed E-state index contributed by atoms with van der Waals surface area (Å²) in [6.45, 7) is 0. The van der Waals surface area contributed by atoms with Crippen LogP contribution >= 0.6 is 15.9 Å². The average Bonchev–Trinajstić information content (AvgIpc) is 2.89. The van der Waals surface area contributed by atoms with E-state index in [9.17, 15) is 9.59 Å². The summed E-state index contributed by atoms with van der Waals surface area (Å²) in [6, 6.07) is 23.4. The lowest BCUT2D eigenvalue weighted by Gasteiger charge is -2.11. The molecule has 3 aromatic carbocycles. The maximum atomic E-state index is 12.9. The van der Waals surface area contributed by atoms with Crippen LogP contribution in [0.25, 0.3) is 12.2 Å². The molecule has 3 rings (SSSR count). The van der Waals surface area contributed by atoms with Crippen molar-refractivity contribution in [2.24, 2.45) is 5.10 Å². The van der Waals surface area contributed by atoms with Gasteiger partial charge in [-0.3, -0.25) is 9.59 Å². The Morgan fingerprint density at radius 2 is 1.49 bits per heavy atom. The first kappa shape index (κ1) is 25.5. The van der Waals surface area contributed by atoms with E-state index >= 15 is 0 Å². The van der Waals surface area contributed by atoms with Crippen LogP contribution in [-0.2, 0) is 4.79 Å². The summed E-state index contributed by atoms with van der Waals surface area (Å²) in [4.78, 5) is 25.7. The van der Waals surface area contributed by atoms with E-state index in [1.165, 1.54) is 26.5 Å². The van der Waals surface area contributed by atoms with Gasteiger partial charge in [0.2, 0.25) is 0 Å². The quantitative estimate of drug-likeness (QED) is 0.230. The van der Waals surface area contributed by atoms with Crippen LogP contribution in [0.15, 0.2) is 94.1 Å². The zero-order chi connectivity index (χ0) is 25.0. The van der Waals surface area contributed by atoms with Gasteiger partial charge in [-0.15, -0.1) is 0 Å². The summed E-state index contributed by atoms with van der Waals surface area (Å²) in [5.74, 6) is 0.00829. The first-order valence-corrected chi connectivity index (χ1v) is 11.3. The number of rotatable bonds is 9. The molecule has 0 atom stereocenters. The van der Waals surface area contributed by atoms with Crippen molar-refractivity contribution in [2.45, 2.75) is 0 Å². The number of nitrogens with one attached hydrogen (secondary N) is 2. The highest BCUT2D eigenvalue weighted by molar-refractivity contribution is 9.12. The Balaban J connectivity index is 1.83. The zero-order valence-corrected chi connectivity index (χ0v) is 20.8. The molecule has 0 spiro atoms. The topological polar surface area (TPSA) is 89.0 Å². The first-order chi connectivity index (χ1) is 17.0. The highest BCUT2D eigenvalue weighted by atomic mass is 79.9. The third-order valence-corrected chi connectivity index (χ3v) is 5.14. The summed E-state index contributed by atoms with van der Waals surface area (Å²) in [5, 5.41) is 6.66. The summed E-state index contributed by atoms with van der Waals surface area (Å²) in [6.07, 6.45) is 4.84. The molecule has 0 aliphatic heterocycles. The van der Waals surface area contributed by atoms with Gasteiger partial charge in [-0.05, 0) is 63.5 Å². The van der Waals surface area contributed by atoms with Gasteiger partial charge in [-0.1, -0.05) is 54.6 Å². The van der Waals surface area contributed by atoms with E-state index in [1.807, 2.05) is 36.4 Å². The summed E-state index contributed by atoms with van der Waals surface area (Å²) < 4.78 is 11.2. The van der Waals surface area contributed by atoms with Gasteiger partial charge in [0.25, 0.3) is 11.8 Å². The third kappa shape index (κ3) is 7.68. The molecule has 8 heteroatoms. The molecule has 0 radical (unpaired) electrons. The molecular formula is C27H24BrN3O4. The number of ether oxygens (including phenoxy) is 2. The number of methoxy groups -OCH3 is 2. The van der Waals surface area contributed by atoms with Crippen LogP contribution in [0, 0.1) is 0 Å². The van der Waals surface area contributed by atoms with E-state index in [1.54, 1.807) is 48.5 Å². The number of hydrogen-bond acceptors (Lipinski definition) is 5. The smallest absolute Gasteiger partial charge is 0.287 e. The summed E-state index contributed by atoms with van der Waals surface area (Å²) in [7, 11) is 3.06. The van der Waals surface area contributed by atoms with Gasteiger partial charge in [-0.25, -0.2) is 5.43 Å². The maximum Gasteiger partial charge on any atom is 0.287 e. The molecule has 0 bridgehead atoms. The Kier molecular flexibility index (Phi) is 9.39. The highest BCUT2D eigenvalue weighted by Crippen LogP contribution is 2.28. The average molecular weight is 534 g/mol. The molecule has 2 amide bonds. The maximum absolute atomic E-state index is 12.9. The van der Waals surface area contributed by atoms with Crippen molar-refractivity contribution in [3.05, 3.63) is 106 Å². The second kappa shape index (κ2) is 12.9. The second-order valence-electron chi connectivity index (χ2n) is 7.13. The van der Waals surface area contributed by atoms with Gasteiger partial charge in [0, 0.05) is 10.0 Å². The summed E-state index contributed by atoms with van der Waals surface area (Å²) >= 11 is 3.41. The fourth-order valence-corrected chi connectivity index (χ4v) is 3.38. The molecule has 0 aliphatic carbocycles. The lowest BCUT2D eigenvalue weighted by atomic mass is 10.1. The molecule has 0 aromatic heterocycles. The molecule has 3 aromatic rings. The minimum Gasteiger partial charge on any atom is -0.493 e. The highest BCUT2D eigenvalue weighted by Gasteiger charge is 2.15. The standard InChI is InChI=1S/C27H24BrN3O4/c1-34-24-14-13-20(17-25(24)35-2)16-23(30-26(32)21-11-7-4-8-12-21)27(33)31-29-18-22(28)15-19-9-5-3-6-10-19/h3-18H,1-2H3,(H,30,32)(H,31,33)/b22-15-,23-16+,29-18-. The fraction of sp³-hybridized carbons (Fsp3) is 0.0741. The lowest BCUT2D eigenvalue weighted by molar-refractivity contribution is -0.117. The second-order valence-corrected chi connectivity index (χ2v) is 8.05. The van der Waals surface area contributed by atoms with Crippen LogP contribution in [0.2, 0.25) is 0 Å². The van der Waals surface area contributed by atoms with Gasteiger partial charge in [0.1, 0.15) is 5.70 Å². The number of carbonyl (C=O) groups excluding carboxylic acids is 2. The summed E-state index contributed by atoms with van der Waals surface area (Å²) in [5.41, 5.74) is 4.46. The first-order valence-electron chi connectivity index (χ1n) is 10.6. The van der Waals surface area contributed by atoms with E-state index in [0.29, 0.717) is 27.1 Å². The van der Waals surface area contributed by atoms with E-state index in [-0.39, 0.29) is 5.70 Å². The van der Waals surface area contributed by atoms with E-state index in [0.717, 1.165) is 5.56 Å².